The minimum absolute atomic E-state index is 0.0334. The first-order valence-corrected chi connectivity index (χ1v) is 13.1. The van der Waals surface area contributed by atoms with Gasteiger partial charge in [0.1, 0.15) is 0 Å². The highest BCUT2D eigenvalue weighted by molar-refractivity contribution is 5.97. The highest BCUT2D eigenvalue weighted by atomic mass is 16.2. The number of ketones is 1. The normalized spacial score (nSPS) is 20.1. The van der Waals surface area contributed by atoms with Gasteiger partial charge in [0.2, 0.25) is 0 Å². The predicted molar refractivity (Wildman–Crippen MR) is 153 cm³/mol. The zero-order valence-corrected chi connectivity index (χ0v) is 21.4. The number of nitrogens with one attached hydrogen (secondary N) is 2. The van der Waals surface area contributed by atoms with E-state index in [1.54, 1.807) is 24.3 Å². The van der Waals surface area contributed by atoms with Crippen molar-refractivity contribution in [1.82, 2.24) is 10.6 Å². The molecular formula is C34H30N2O3. The van der Waals surface area contributed by atoms with Crippen molar-refractivity contribution in [3.8, 4) is 0 Å². The second-order valence-corrected chi connectivity index (χ2v) is 9.71. The van der Waals surface area contributed by atoms with Crippen LogP contribution in [0.25, 0.3) is 0 Å². The van der Waals surface area contributed by atoms with Gasteiger partial charge in [0.05, 0.1) is 12.1 Å². The number of hydrogen-bond donors (Lipinski definition) is 2. The van der Waals surface area contributed by atoms with Crippen molar-refractivity contribution in [3.05, 3.63) is 156 Å². The van der Waals surface area contributed by atoms with Crippen molar-refractivity contribution in [3.63, 3.8) is 0 Å². The summed E-state index contributed by atoms with van der Waals surface area (Å²) in [5.74, 6) is -0.867. The lowest BCUT2D eigenvalue weighted by Gasteiger charge is -2.40. The summed E-state index contributed by atoms with van der Waals surface area (Å²) in [7, 11) is 0. The van der Waals surface area contributed by atoms with E-state index in [1.165, 1.54) is 0 Å². The molecule has 4 aromatic carbocycles. The monoisotopic (exact) mass is 514 g/mol. The number of carbonyl (C=O) groups is 3. The van der Waals surface area contributed by atoms with Crippen LogP contribution >= 0.6 is 0 Å². The van der Waals surface area contributed by atoms with Crippen molar-refractivity contribution in [2.75, 3.05) is 0 Å². The maximum atomic E-state index is 13.4. The van der Waals surface area contributed by atoms with Crippen LogP contribution in [0, 0.1) is 5.92 Å². The second kappa shape index (κ2) is 12.2. The Morgan fingerprint density at radius 3 is 1.54 bits per heavy atom. The summed E-state index contributed by atoms with van der Waals surface area (Å²) in [5.41, 5.74) is 2.72. The van der Waals surface area contributed by atoms with Crippen LogP contribution in [0.5, 0.6) is 0 Å². The molecule has 4 atom stereocenters. The number of amides is 2. The summed E-state index contributed by atoms with van der Waals surface area (Å²) < 4.78 is 0. The lowest BCUT2D eigenvalue weighted by atomic mass is 9.71. The summed E-state index contributed by atoms with van der Waals surface area (Å²) in [6.45, 7) is 0. The molecular weight excluding hydrogens is 484 g/mol. The van der Waals surface area contributed by atoms with Crippen LogP contribution in [0.15, 0.2) is 133 Å². The van der Waals surface area contributed by atoms with Gasteiger partial charge in [-0.2, -0.15) is 0 Å². The first-order valence-electron chi connectivity index (χ1n) is 13.1. The van der Waals surface area contributed by atoms with E-state index in [0.29, 0.717) is 16.7 Å². The van der Waals surface area contributed by atoms with E-state index in [1.807, 2.05) is 109 Å². The summed E-state index contributed by atoms with van der Waals surface area (Å²) in [5, 5.41) is 6.34. The number of benzene rings is 4. The van der Waals surface area contributed by atoms with Crippen LogP contribution in [-0.4, -0.2) is 29.7 Å². The van der Waals surface area contributed by atoms with E-state index < -0.39 is 12.1 Å². The Morgan fingerprint density at radius 1 is 0.538 bits per heavy atom. The van der Waals surface area contributed by atoms with Gasteiger partial charge in [-0.1, -0.05) is 109 Å². The molecule has 0 aromatic heterocycles. The van der Waals surface area contributed by atoms with E-state index in [9.17, 15) is 14.4 Å². The van der Waals surface area contributed by atoms with Crippen molar-refractivity contribution in [2.45, 2.75) is 24.4 Å². The molecule has 39 heavy (non-hydrogen) atoms. The fourth-order valence-electron chi connectivity index (χ4n) is 5.24. The molecule has 0 saturated heterocycles. The Kier molecular flexibility index (Phi) is 8.08. The Morgan fingerprint density at radius 2 is 1.00 bits per heavy atom. The molecule has 5 heteroatoms. The quantitative estimate of drug-likeness (QED) is 0.230. The first-order chi connectivity index (χ1) is 19.1. The van der Waals surface area contributed by atoms with Gasteiger partial charge in [-0.25, -0.2) is 0 Å². The van der Waals surface area contributed by atoms with Crippen LogP contribution in [0.4, 0.5) is 0 Å². The number of rotatable bonds is 8. The van der Waals surface area contributed by atoms with Gasteiger partial charge in [-0.05, 0) is 35.7 Å². The molecule has 2 amide bonds. The number of allylic oxidation sites excluding steroid dienone is 1. The average molecular weight is 515 g/mol. The van der Waals surface area contributed by atoms with Gasteiger partial charge < -0.3 is 10.6 Å². The molecule has 5 nitrogen and oxygen atoms in total. The van der Waals surface area contributed by atoms with E-state index in [-0.39, 0.29) is 35.9 Å². The molecule has 0 saturated carbocycles. The van der Waals surface area contributed by atoms with Crippen molar-refractivity contribution in [2.24, 2.45) is 5.92 Å². The minimum atomic E-state index is -0.494. The van der Waals surface area contributed by atoms with Crippen molar-refractivity contribution in [1.29, 1.82) is 0 Å². The smallest absolute Gasteiger partial charge is 0.251 e. The molecule has 0 spiro atoms. The summed E-state index contributed by atoms with van der Waals surface area (Å²) in [4.78, 5) is 39.9. The molecule has 0 bridgehead atoms. The van der Waals surface area contributed by atoms with Gasteiger partial charge in [0.15, 0.2) is 5.78 Å². The molecule has 0 fully saturated rings. The summed E-state index contributed by atoms with van der Waals surface area (Å²) in [6.07, 6.45) is 4.20. The Hall–Kier alpha value is -4.77. The standard InChI is InChI=1S/C34H30N2O3/c37-30(24-13-5-1-6-14-24)23-28-21-22-29(35-33(38)26-17-9-3-10-18-26)32(31(28)25-15-7-2-8-16-25)36-34(39)27-19-11-4-12-20-27/h1-22,28-29,31-32H,23H2,(H,35,38)(H,36,39)/t28-,29-,31-,32+/m1/s1. The van der Waals surface area contributed by atoms with E-state index in [2.05, 4.69) is 10.6 Å². The molecule has 194 valence electrons. The Bertz CT molecular complexity index is 1440. The van der Waals surface area contributed by atoms with Gasteiger partial charge in [-0.15, -0.1) is 0 Å². The van der Waals surface area contributed by atoms with E-state index in [4.69, 9.17) is 0 Å². The largest absolute Gasteiger partial charge is 0.346 e. The molecule has 0 heterocycles. The lowest BCUT2D eigenvalue weighted by molar-refractivity contribution is 0.0865. The Balaban J connectivity index is 1.51. The molecule has 0 radical (unpaired) electrons. The third kappa shape index (κ3) is 6.21. The highest BCUT2D eigenvalue weighted by Gasteiger charge is 2.40. The van der Waals surface area contributed by atoms with Crippen LogP contribution in [0.3, 0.4) is 0 Å². The predicted octanol–water partition coefficient (Wildman–Crippen LogP) is 5.83. The first kappa shape index (κ1) is 25.9. The van der Waals surface area contributed by atoms with Crippen LogP contribution < -0.4 is 10.6 Å². The molecule has 1 aliphatic carbocycles. The van der Waals surface area contributed by atoms with Crippen LogP contribution in [0.2, 0.25) is 0 Å². The van der Waals surface area contributed by atoms with Crippen LogP contribution in [-0.2, 0) is 0 Å². The third-order valence-corrected chi connectivity index (χ3v) is 7.17. The van der Waals surface area contributed by atoms with Crippen molar-refractivity contribution >= 4 is 17.6 Å². The molecule has 4 aromatic rings. The second-order valence-electron chi connectivity index (χ2n) is 9.71. The molecule has 0 aliphatic heterocycles. The third-order valence-electron chi connectivity index (χ3n) is 7.17. The van der Waals surface area contributed by atoms with Gasteiger partial charge in [0.25, 0.3) is 11.8 Å². The SMILES string of the molecule is O=C(C[C@H]1C=C[C@@H](NC(=O)c2ccccc2)[C@H](NC(=O)c2ccccc2)[C@@H]1c1ccccc1)c1ccccc1. The maximum Gasteiger partial charge on any atom is 0.251 e. The molecule has 0 unspecified atom stereocenters. The van der Waals surface area contributed by atoms with Crippen molar-refractivity contribution < 1.29 is 14.4 Å². The number of carbonyl (C=O) groups excluding carboxylic acids is 3. The van der Waals surface area contributed by atoms with E-state index in [0.717, 1.165) is 5.56 Å². The zero-order valence-electron chi connectivity index (χ0n) is 21.4. The maximum absolute atomic E-state index is 13.4. The Labute approximate surface area is 228 Å². The van der Waals surface area contributed by atoms with Gasteiger partial charge in [-0.3, -0.25) is 14.4 Å². The number of hydrogen-bond acceptors (Lipinski definition) is 3. The minimum Gasteiger partial charge on any atom is -0.346 e. The molecule has 5 rings (SSSR count). The lowest BCUT2D eigenvalue weighted by Crippen LogP contribution is -2.56. The van der Waals surface area contributed by atoms with Crippen LogP contribution in [0.1, 0.15) is 49.0 Å². The number of Topliss-reactive ketones (excluding diaryl/α,β-unsaturated/α-hetero) is 1. The zero-order chi connectivity index (χ0) is 27.0. The fraction of sp³-hybridized carbons (Fsp3) is 0.147. The molecule has 1 aliphatic rings. The van der Waals surface area contributed by atoms with Gasteiger partial charge >= 0.3 is 0 Å². The fourth-order valence-corrected chi connectivity index (χ4v) is 5.24. The summed E-state index contributed by atoms with van der Waals surface area (Å²) in [6, 6.07) is 36.2. The average Bonchev–Trinajstić information content (AvgIpc) is 3.00. The molecule has 2 N–H and O–H groups in total. The summed E-state index contributed by atoms with van der Waals surface area (Å²) >= 11 is 0. The topological polar surface area (TPSA) is 75.3 Å². The highest BCUT2D eigenvalue weighted by Crippen LogP contribution is 2.37. The van der Waals surface area contributed by atoms with Gasteiger partial charge in [0, 0.05) is 29.0 Å². The van der Waals surface area contributed by atoms with E-state index >= 15 is 0 Å².